The van der Waals surface area contributed by atoms with Gasteiger partial charge in [-0.3, -0.25) is 4.79 Å². The van der Waals surface area contributed by atoms with E-state index in [0.29, 0.717) is 12.2 Å². The van der Waals surface area contributed by atoms with Crippen LogP contribution in [0.1, 0.15) is 28.3 Å². The highest BCUT2D eigenvalue weighted by atomic mass is 32.2. The molecule has 6 heteroatoms. The summed E-state index contributed by atoms with van der Waals surface area (Å²) in [5.41, 5.74) is 3.82. The monoisotopic (exact) mass is 371 g/mol. The average Bonchev–Trinajstić information content (AvgIpc) is 3.06. The van der Waals surface area contributed by atoms with Gasteiger partial charge in [-0.25, -0.2) is 4.79 Å². The number of carboxylic acids is 1. The molecular formula is C20H21NO4S. The summed E-state index contributed by atoms with van der Waals surface area (Å²) in [5, 5.41) is 12.2. The zero-order chi connectivity index (χ0) is 18.7. The minimum atomic E-state index is -1.08. The van der Waals surface area contributed by atoms with Crippen LogP contribution in [0.15, 0.2) is 41.3 Å². The van der Waals surface area contributed by atoms with Gasteiger partial charge >= 0.3 is 5.97 Å². The normalized spacial score (nSPS) is 13.6. The molecule has 5 nitrogen and oxygen atoms in total. The fraction of sp³-hybridized carbons (Fsp3) is 0.300. The van der Waals surface area contributed by atoms with E-state index in [1.165, 1.54) is 17.3 Å². The molecule has 0 fully saturated rings. The first-order valence-corrected chi connectivity index (χ1v) is 9.40. The number of benzene rings is 2. The number of nitrogens with one attached hydrogen (secondary N) is 1. The van der Waals surface area contributed by atoms with Crippen molar-refractivity contribution in [1.29, 1.82) is 0 Å². The number of amides is 1. The van der Waals surface area contributed by atoms with Gasteiger partial charge in [-0.05, 0) is 48.7 Å². The molecule has 1 amide bonds. The lowest BCUT2D eigenvalue weighted by Gasteiger charge is -2.16. The SMILES string of the molecule is Cc1ccc(SCC(=O)NC(C(=O)O)c2ccc3c(c2)CCO3)c(C)c1. The summed E-state index contributed by atoms with van der Waals surface area (Å²) in [5.74, 6) is -0.427. The van der Waals surface area contributed by atoms with Crippen molar-refractivity contribution in [2.75, 3.05) is 12.4 Å². The molecule has 1 unspecified atom stereocenters. The van der Waals surface area contributed by atoms with Gasteiger partial charge < -0.3 is 15.2 Å². The summed E-state index contributed by atoms with van der Waals surface area (Å²) in [7, 11) is 0. The molecule has 0 radical (unpaired) electrons. The molecule has 0 saturated carbocycles. The molecule has 136 valence electrons. The summed E-state index contributed by atoms with van der Waals surface area (Å²) in [4.78, 5) is 25.0. The van der Waals surface area contributed by atoms with E-state index in [0.717, 1.165) is 28.2 Å². The van der Waals surface area contributed by atoms with E-state index in [4.69, 9.17) is 4.74 Å². The molecule has 26 heavy (non-hydrogen) atoms. The van der Waals surface area contributed by atoms with Crippen molar-refractivity contribution in [3.8, 4) is 5.75 Å². The van der Waals surface area contributed by atoms with E-state index in [9.17, 15) is 14.7 Å². The fourth-order valence-electron chi connectivity index (χ4n) is 2.98. The van der Waals surface area contributed by atoms with Crippen LogP contribution in [-0.2, 0) is 16.0 Å². The van der Waals surface area contributed by atoms with E-state index in [2.05, 4.69) is 11.4 Å². The third-order valence-corrected chi connectivity index (χ3v) is 5.46. The number of carbonyl (C=O) groups excluding carboxylic acids is 1. The second-order valence-electron chi connectivity index (χ2n) is 6.36. The number of carboxylic acid groups (broad SMARTS) is 1. The van der Waals surface area contributed by atoms with Crippen molar-refractivity contribution in [2.45, 2.75) is 31.2 Å². The van der Waals surface area contributed by atoms with Gasteiger partial charge in [-0.15, -0.1) is 11.8 Å². The quantitative estimate of drug-likeness (QED) is 0.762. The molecular weight excluding hydrogens is 350 g/mol. The molecule has 1 aliphatic heterocycles. The van der Waals surface area contributed by atoms with Crippen LogP contribution in [0, 0.1) is 13.8 Å². The number of rotatable bonds is 6. The van der Waals surface area contributed by atoms with E-state index < -0.39 is 12.0 Å². The first-order valence-electron chi connectivity index (χ1n) is 8.42. The number of hydrogen-bond acceptors (Lipinski definition) is 4. The van der Waals surface area contributed by atoms with E-state index >= 15 is 0 Å². The standard InChI is InChI=1S/C20H21NO4S/c1-12-3-6-17(13(2)9-12)26-11-18(22)21-19(20(23)24)15-4-5-16-14(10-15)7-8-25-16/h3-6,9-10,19H,7-8,11H2,1-2H3,(H,21,22)(H,23,24). The second-order valence-corrected chi connectivity index (χ2v) is 7.38. The predicted molar refractivity (Wildman–Crippen MR) is 101 cm³/mol. The Hall–Kier alpha value is -2.47. The van der Waals surface area contributed by atoms with Crippen LogP contribution in [0.5, 0.6) is 5.75 Å². The molecule has 0 aromatic heterocycles. The first-order chi connectivity index (χ1) is 12.4. The van der Waals surface area contributed by atoms with E-state index in [1.54, 1.807) is 18.2 Å². The maximum absolute atomic E-state index is 12.3. The highest BCUT2D eigenvalue weighted by molar-refractivity contribution is 8.00. The molecule has 2 aromatic rings. The number of fused-ring (bicyclic) bond motifs is 1. The van der Waals surface area contributed by atoms with Crippen molar-refractivity contribution < 1.29 is 19.4 Å². The third kappa shape index (κ3) is 4.19. The fourth-order valence-corrected chi connectivity index (χ4v) is 3.80. The maximum atomic E-state index is 12.3. The number of aryl methyl sites for hydroxylation is 2. The van der Waals surface area contributed by atoms with Gasteiger partial charge in [0.25, 0.3) is 0 Å². The van der Waals surface area contributed by atoms with Crippen molar-refractivity contribution in [3.63, 3.8) is 0 Å². The molecule has 0 saturated heterocycles. The number of hydrogen-bond donors (Lipinski definition) is 2. The van der Waals surface area contributed by atoms with Gasteiger partial charge in [0.1, 0.15) is 5.75 Å². The lowest BCUT2D eigenvalue weighted by Crippen LogP contribution is -2.34. The molecule has 1 atom stereocenters. The maximum Gasteiger partial charge on any atom is 0.330 e. The Bertz CT molecular complexity index is 850. The van der Waals surface area contributed by atoms with Gasteiger partial charge in [0.2, 0.25) is 5.91 Å². The van der Waals surface area contributed by atoms with Gasteiger partial charge in [-0.1, -0.05) is 23.8 Å². The van der Waals surface area contributed by atoms with Crippen LogP contribution in [-0.4, -0.2) is 29.3 Å². The van der Waals surface area contributed by atoms with E-state index in [-0.39, 0.29) is 11.7 Å². The third-order valence-electron chi connectivity index (χ3n) is 4.29. The molecule has 3 rings (SSSR count). The van der Waals surface area contributed by atoms with Gasteiger partial charge in [0, 0.05) is 11.3 Å². The van der Waals surface area contributed by atoms with Crippen molar-refractivity contribution in [1.82, 2.24) is 5.32 Å². The Balaban J connectivity index is 1.66. The highest BCUT2D eigenvalue weighted by Gasteiger charge is 2.24. The highest BCUT2D eigenvalue weighted by Crippen LogP contribution is 2.28. The Morgan fingerprint density at radius 1 is 1.23 bits per heavy atom. The van der Waals surface area contributed by atoms with Crippen LogP contribution < -0.4 is 10.1 Å². The summed E-state index contributed by atoms with van der Waals surface area (Å²) < 4.78 is 5.44. The Morgan fingerprint density at radius 3 is 2.77 bits per heavy atom. The number of aliphatic carboxylic acids is 1. The lowest BCUT2D eigenvalue weighted by atomic mass is 10.0. The Kier molecular flexibility index (Phi) is 5.52. The van der Waals surface area contributed by atoms with Crippen LogP contribution >= 0.6 is 11.8 Å². The number of thioether (sulfide) groups is 1. The van der Waals surface area contributed by atoms with Crippen molar-refractivity contribution >= 4 is 23.6 Å². The molecule has 0 aliphatic carbocycles. The van der Waals surface area contributed by atoms with Crippen LogP contribution in [0.2, 0.25) is 0 Å². The van der Waals surface area contributed by atoms with Crippen LogP contribution in [0.4, 0.5) is 0 Å². The van der Waals surface area contributed by atoms with Crippen molar-refractivity contribution in [3.05, 3.63) is 58.7 Å². The number of carbonyl (C=O) groups is 2. The van der Waals surface area contributed by atoms with Gasteiger partial charge in [0.15, 0.2) is 6.04 Å². The molecule has 2 aromatic carbocycles. The summed E-state index contributed by atoms with van der Waals surface area (Å²) in [6.45, 7) is 4.63. The molecule has 1 heterocycles. The van der Waals surface area contributed by atoms with Crippen LogP contribution in [0.25, 0.3) is 0 Å². The molecule has 0 bridgehead atoms. The van der Waals surface area contributed by atoms with Gasteiger partial charge in [0.05, 0.1) is 12.4 Å². The average molecular weight is 371 g/mol. The molecule has 0 spiro atoms. The minimum absolute atomic E-state index is 0.168. The first kappa shape index (κ1) is 18.3. The molecule has 1 aliphatic rings. The second kappa shape index (κ2) is 7.83. The summed E-state index contributed by atoms with van der Waals surface area (Å²) in [6.07, 6.45) is 0.756. The summed E-state index contributed by atoms with van der Waals surface area (Å²) in [6, 6.07) is 10.3. The summed E-state index contributed by atoms with van der Waals surface area (Å²) >= 11 is 1.41. The van der Waals surface area contributed by atoms with E-state index in [1.807, 2.05) is 26.0 Å². The number of ether oxygens (including phenoxy) is 1. The minimum Gasteiger partial charge on any atom is -0.493 e. The largest absolute Gasteiger partial charge is 0.493 e. The predicted octanol–water partition coefficient (Wildman–Crippen LogP) is 3.27. The smallest absolute Gasteiger partial charge is 0.330 e. The Labute approximate surface area is 156 Å². The molecule has 2 N–H and O–H groups in total. The zero-order valence-corrected chi connectivity index (χ0v) is 15.6. The Morgan fingerprint density at radius 2 is 2.04 bits per heavy atom. The van der Waals surface area contributed by atoms with Gasteiger partial charge in [-0.2, -0.15) is 0 Å². The van der Waals surface area contributed by atoms with Crippen molar-refractivity contribution in [2.24, 2.45) is 0 Å². The topological polar surface area (TPSA) is 75.6 Å². The van der Waals surface area contributed by atoms with Crippen LogP contribution in [0.3, 0.4) is 0 Å². The zero-order valence-electron chi connectivity index (χ0n) is 14.7. The lowest BCUT2D eigenvalue weighted by molar-refractivity contribution is -0.141.